The Morgan fingerprint density at radius 3 is 2.40 bits per heavy atom. The summed E-state index contributed by atoms with van der Waals surface area (Å²) in [7, 11) is -3.90. The number of benzene rings is 2. The molecule has 0 bridgehead atoms. The van der Waals surface area contributed by atoms with E-state index in [4.69, 9.17) is 11.6 Å². The lowest BCUT2D eigenvalue weighted by molar-refractivity contribution is -0.121. The fraction of sp³-hybridized carbons (Fsp3) is 0.182. The molecule has 0 atom stereocenters. The van der Waals surface area contributed by atoms with Gasteiger partial charge in [0.1, 0.15) is 0 Å². The zero-order valence-electron chi connectivity index (χ0n) is 16.5. The number of aromatic nitrogens is 1. The first kappa shape index (κ1) is 22.0. The number of nitrogens with zero attached hydrogens (tertiary/aromatic N) is 2. The summed E-state index contributed by atoms with van der Waals surface area (Å²) in [5.74, 6) is -0.392. The summed E-state index contributed by atoms with van der Waals surface area (Å²) in [6.45, 7) is 2.00. The van der Waals surface area contributed by atoms with Gasteiger partial charge in [-0.3, -0.25) is 9.78 Å². The molecular formula is C22H22ClN3O3S. The fourth-order valence-electron chi connectivity index (χ4n) is 2.91. The molecule has 0 aliphatic heterocycles. The number of aryl methyl sites for hydroxylation is 1. The average Bonchev–Trinajstić information content (AvgIpc) is 2.73. The van der Waals surface area contributed by atoms with Gasteiger partial charge in [-0.05, 0) is 54.4 Å². The summed E-state index contributed by atoms with van der Waals surface area (Å²) < 4.78 is 27.6. The van der Waals surface area contributed by atoms with Crippen molar-refractivity contribution in [2.45, 2.75) is 24.9 Å². The summed E-state index contributed by atoms with van der Waals surface area (Å²) in [5, 5.41) is 3.20. The van der Waals surface area contributed by atoms with Crippen molar-refractivity contribution in [1.29, 1.82) is 0 Å². The van der Waals surface area contributed by atoms with Gasteiger partial charge in [0.15, 0.2) is 0 Å². The molecule has 156 valence electrons. The molecule has 0 unspecified atom stereocenters. The predicted octanol–water partition coefficient (Wildman–Crippen LogP) is 3.55. The number of hydrogen-bond acceptors (Lipinski definition) is 4. The Kier molecular flexibility index (Phi) is 7.20. The maximum atomic E-state index is 13.2. The smallest absolute Gasteiger partial charge is 0.243 e. The summed E-state index contributed by atoms with van der Waals surface area (Å²) in [6, 6.07) is 17.0. The van der Waals surface area contributed by atoms with Crippen LogP contribution in [0, 0.1) is 6.92 Å². The largest absolute Gasteiger partial charge is 0.351 e. The molecule has 1 heterocycles. The van der Waals surface area contributed by atoms with E-state index in [0.29, 0.717) is 11.6 Å². The molecule has 0 aliphatic carbocycles. The lowest BCUT2D eigenvalue weighted by atomic mass is 10.1. The minimum atomic E-state index is -3.90. The van der Waals surface area contributed by atoms with Crippen molar-refractivity contribution in [2.24, 2.45) is 0 Å². The number of hydrogen-bond donors (Lipinski definition) is 1. The molecular weight excluding hydrogens is 422 g/mol. The van der Waals surface area contributed by atoms with Crippen LogP contribution in [0.4, 0.5) is 0 Å². The maximum Gasteiger partial charge on any atom is 0.243 e. The second kappa shape index (κ2) is 9.84. The van der Waals surface area contributed by atoms with Gasteiger partial charge in [-0.25, -0.2) is 8.42 Å². The van der Waals surface area contributed by atoms with Crippen molar-refractivity contribution < 1.29 is 13.2 Å². The van der Waals surface area contributed by atoms with Crippen LogP contribution in [0.15, 0.2) is 78.0 Å². The highest BCUT2D eigenvalue weighted by Gasteiger charge is 2.27. The summed E-state index contributed by atoms with van der Waals surface area (Å²) >= 11 is 5.90. The number of amides is 1. The number of pyridine rings is 1. The van der Waals surface area contributed by atoms with E-state index < -0.39 is 15.9 Å². The van der Waals surface area contributed by atoms with Crippen LogP contribution in [0.25, 0.3) is 0 Å². The molecule has 0 saturated carbocycles. The van der Waals surface area contributed by atoms with Crippen LogP contribution in [0.2, 0.25) is 5.02 Å². The van der Waals surface area contributed by atoms with Gasteiger partial charge in [-0.1, -0.05) is 41.4 Å². The van der Waals surface area contributed by atoms with E-state index in [1.165, 1.54) is 28.6 Å². The van der Waals surface area contributed by atoms with Gasteiger partial charge in [-0.2, -0.15) is 4.31 Å². The third-order valence-corrected chi connectivity index (χ3v) is 6.51. The van der Waals surface area contributed by atoms with Crippen LogP contribution in [0.1, 0.15) is 16.7 Å². The molecule has 3 rings (SSSR count). The van der Waals surface area contributed by atoms with Crippen LogP contribution in [-0.4, -0.2) is 30.2 Å². The predicted molar refractivity (Wildman–Crippen MR) is 116 cm³/mol. The van der Waals surface area contributed by atoms with Crippen molar-refractivity contribution in [3.05, 3.63) is 94.8 Å². The molecule has 0 spiro atoms. The molecule has 0 radical (unpaired) electrons. The first-order valence-electron chi connectivity index (χ1n) is 9.31. The van der Waals surface area contributed by atoms with Crippen molar-refractivity contribution in [3.8, 4) is 0 Å². The van der Waals surface area contributed by atoms with Gasteiger partial charge in [0.05, 0.1) is 11.4 Å². The lowest BCUT2D eigenvalue weighted by Gasteiger charge is -2.22. The van der Waals surface area contributed by atoms with E-state index in [1.807, 2.05) is 31.2 Å². The van der Waals surface area contributed by atoms with E-state index in [1.54, 1.807) is 24.5 Å². The van der Waals surface area contributed by atoms with Crippen molar-refractivity contribution in [3.63, 3.8) is 0 Å². The molecule has 3 aromatic rings. The third kappa shape index (κ3) is 5.89. The first-order valence-corrected chi connectivity index (χ1v) is 11.1. The van der Waals surface area contributed by atoms with E-state index >= 15 is 0 Å². The molecule has 1 amide bonds. The average molecular weight is 444 g/mol. The highest BCUT2D eigenvalue weighted by atomic mass is 35.5. The zero-order chi connectivity index (χ0) is 21.6. The van der Waals surface area contributed by atoms with E-state index in [2.05, 4.69) is 10.3 Å². The van der Waals surface area contributed by atoms with Gasteiger partial charge in [0.2, 0.25) is 15.9 Å². The highest BCUT2D eigenvalue weighted by molar-refractivity contribution is 7.89. The van der Waals surface area contributed by atoms with Gasteiger partial charge >= 0.3 is 0 Å². The molecule has 0 aliphatic rings. The highest BCUT2D eigenvalue weighted by Crippen LogP contribution is 2.21. The summed E-state index contributed by atoms with van der Waals surface area (Å²) in [6.07, 6.45) is 3.27. The monoisotopic (exact) mass is 443 g/mol. The topological polar surface area (TPSA) is 79.4 Å². The van der Waals surface area contributed by atoms with Crippen molar-refractivity contribution in [2.75, 3.05) is 6.54 Å². The molecule has 30 heavy (non-hydrogen) atoms. The Hall–Kier alpha value is -2.74. The minimum absolute atomic E-state index is 0.0787. The Labute approximate surface area is 181 Å². The SMILES string of the molecule is Cc1cccc(CN(CC(=O)NCc2ccncc2)S(=O)(=O)c2ccc(Cl)cc2)c1. The van der Waals surface area contributed by atoms with Gasteiger partial charge in [0, 0.05) is 30.5 Å². The van der Waals surface area contributed by atoms with Gasteiger partial charge < -0.3 is 5.32 Å². The Morgan fingerprint density at radius 1 is 1.03 bits per heavy atom. The normalized spacial score (nSPS) is 11.4. The number of nitrogens with one attached hydrogen (secondary N) is 1. The van der Waals surface area contributed by atoms with Crippen LogP contribution in [0.5, 0.6) is 0 Å². The fourth-order valence-corrected chi connectivity index (χ4v) is 4.42. The number of rotatable bonds is 8. The summed E-state index contributed by atoms with van der Waals surface area (Å²) in [4.78, 5) is 16.6. The second-order valence-corrected chi connectivity index (χ2v) is 9.22. The number of sulfonamides is 1. The van der Waals surface area contributed by atoms with Gasteiger partial charge in [-0.15, -0.1) is 0 Å². The number of halogens is 1. The molecule has 1 aromatic heterocycles. The second-order valence-electron chi connectivity index (χ2n) is 6.85. The Morgan fingerprint density at radius 2 is 1.73 bits per heavy atom. The maximum absolute atomic E-state index is 13.2. The van der Waals surface area contributed by atoms with E-state index in [9.17, 15) is 13.2 Å². The minimum Gasteiger partial charge on any atom is -0.351 e. The van der Waals surface area contributed by atoms with Crippen LogP contribution >= 0.6 is 11.6 Å². The first-order chi connectivity index (χ1) is 14.3. The summed E-state index contributed by atoms with van der Waals surface area (Å²) in [5.41, 5.74) is 2.69. The third-order valence-electron chi connectivity index (χ3n) is 4.45. The lowest BCUT2D eigenvalue weighted by Crippen LogP contribution is -2.40. The zero-order valence-corrected chi connectivity index (χ0v) is 18.0. The Balaban J connectivity index is 1.81. The number of carbonyl (C=O) groups is 1. The molecule has 0 fully saturated rings. The van der Waals surface area contributed by atoms with Crippen molar-refractivity contribution >= 4 is 27.5 Å². The van der Waals surface area contributed by atoms with Crippen LogP contribution in [-0.2, 0) is 27.9 Å². The van der Waals surface area contributed by atoms with Crippen LogP contribution < -0.4 is 5.32 Å². The van der Waals surface area contributed by atoms with E-state index in [0.717, 1.165) is 16.7 Å². The molecule has 6 nitrogen and oxygen atoms in total. The van der Waals surface area contributed by atoms with E-state index in [-0.39, 0.29) is 18.0 Å². The molecule has 0 saturated heterocycles. The standard InChI is InChI=1S/C22H22ClN3O3S/c1-17-3-2-4-19(13-17)15-26(30(28,29)21-7-5-20(23)6-8-21)16-22(27)25-14-18-9-11-24-12-10-18/h2-13H,14-16H2,1H3,(H,25,27). The quantitative estimate of drug-likeness (QED) is 0.577. The number of carbonyl (C=O) groups excluding carboxylic acids is 1. The Bertz CT molecular complexity index is 1100. The van der Waals surface area contributed by atoms with Gasteiger partial charge in [0.25, 0.3) is 0 Å². The molecule has 8 heteroatoms. The molecule has 2 aromatic carbocycles. The van der Waals surface area contributed by atoms with Crippen LogP contribution in [0.3, 0.4) is 0 Å². The molecule has 1 N–H and O–H groups in total. The van der Waals surface area contributed by atoms with Crippen molar-refractivity contribution in [1.82, 2.24) is 14.6 Å².